The Hall–Kier alpha value is -1.20. The molecule has 2 aliphatic carbocycles. The molecule has 0 unspecified atom stereocenters. The average Bonchev–Trinajstić information content (AvgIpc) is 2.22. The molecule has 2 nitrogen and oxygen atoms in total. The fraction of sp³-hybridized carbons (Fsp3) is 0.667. The van der Waals surface area contributed by atoms with Crippen LogP contribution < -0.4 is 0 Å². The summed E-state index contributed by atoms with van der Waals surface area (Å²) >= 11 is 0. The van der Waals surface area contributed by atoms with Gasteiger partial charge in [0.05, 0.1) is 0 Å². The molecule has 1 heterocycles. The molecule has 2 fully saturated rings. The van der Waals surface area contributed by atoms with E-state index < -0.39 is 11.8 Å². The van der Waals surface area contributed by atoms with E-state index in [1.807, 2.05) is 0 Å². The fourth-order valence-electron chi connectivity index (χ4n) is 2.58. The van der Waals surface area contributed by atoms with Crippen LogP contribution in [0.1, 0.15) is 48.9 Å². The number of aromatic nitrogens is 2. The van der Waals surface area contributed by atoms with Crippen molar-refractivity contribution in [3.8, 4) is 0 Å². The van der Waals surface area contributed by atoms with Gasteiger partial charge in [0, 0.05) is 48.9 Å². The zero-order chi connectivity index (χ0) is 13.0. The van der Waals surface area contributed by atoms with Gasteiger partial charge in [0.25, 0.3) is 0 Å². The molecule has 0 saturated heterocycles. The van der Waals surface area contributed by atoms with Crippen LogP contribution >= 0.6 is 0 Å². The van der Waals surface area contributed by atoms with Gasteiger partial charge in [-0.25, -0.2) is 27.5 Å². The summed E-state index contributed by atoms with van der Waals surface area (Å²) in [5.74, 6) is -5.72. The average molecular weight is 260 g/mol. The van der Waals surface area contributed by atoms with Gasteiger partial charge in [-0.1, -0.05) is 0 Å². The predicted molar refractivity (Wildman–Crippen MR) is 55.9 cm³/mol. The van der Waals surface area contributed by atoms with Crippen molar-refractivity contribution in [2.75, 3.05) is 0 Å². The number of halogens is 4. The van der Waals surface area contributed by atoms with Crippen molar-refractivity contribution in [1.29, 1.82) is 0 Å². The highest BCUT2D eigenvalue weighted by molar-refractivity contribution is 5.22. The molecule has 2 aliphatic rings. The van der Waals surface area contributed by atoms with E-state index in [0.717, 1.165) is 0 Å². The summed E-state index contributed by atoms with van der Waals surface area (Å²) in [6.45, 7) is 0. The number of alkyl halides is 4. The zero-order valence-electron chi connectivity index (χ0n) is 9.54. The Morgan fingerprint density at radius 2 is 1.22 bits per heavy atom. The van der Waals surface area contributed by atoms with Crippen molar-refractivity contribution < 1.29 is 17.6 Å². The lowest BCUT2D eigenvalue weighted by molar-refractivity contribution is -0.0887. The Labute approximate surface area is 101 Å². The largest absolute Gasteiger partial charge is 0.249 e. The minimum absolute atomic E-state index is 0.204. The Morgan fingerprint density at radius 3 is 1.56 bits per heavy atom. The molecule has 0 aliphatic heterocycles. The third-order valence-corrected chi connectivity index (χ3v) is 3.73. The van der Waals surface area contributed by atoms with Crippen LogP contribution in [0.3, 0.4) is 0 Å². The molecule has 0 radical (unpaired) electrons. The van der Waals surface area contributed by atoms with E-state index in [9.17, 15) is 17.6 Å². The molecule has 0 bridgehead atoms. The molecule has 1 aromatic heterocycles. The Balaban J connectivity index is 1.71. The summed E-state index contributed by atoms with van der Waals surface area (Å²) in [4.78, 5) is 7.94. The van der Waals surface area contributed by atoms with Crippen LogP contribution in [-0.4, -0.2) is 21.8 Å². The van der Waals surface area contributed by atoms with Gasteiger partial charge in [-0.15, -0.1) is 0 Å². The first kappa shape index (κ1) is 11.9. The smallest absolute Gasteiger partial charge is 0.241 e. The van der Waals surface area contributed by atoms with Crippen molar-refractivity contribution in [3.05, 3.63) is 23.8 Å². The van der Waals surface area contributed by atoms with Gasteiger partial charge in [0.2, 0.25) is 11.8 Å². The summed E-state index contributed by atoms with van der Waals surface area (Å²) in [6.07, 6.45) is 0.473. The van der Waals surface area contributed by atoms with E-state index in [1.54, 1.807) is 6.07 Å². The second-order valence-electron chi connectivity index (χ2n) is 5.29. The van der Waals surface area contributed by atoms with E-state index in [-0.39, 0.29) is 37.5 Å². The minimum Gasteiger partial charge on any atom is -0.241 e. The summed E-state index contributed by atoms with van der Waals surface area (Å²) in [6, 6.07) is 1.61. The van der Waals surface area contributed by atoms with Crippen LogP contribution in [0, 0.1) is 0 Å². The maximum atomic E-state index is 12.8. The van der Waals surface area contributed by atoms with Crippen molar-refractivity contribution >= 4 is 0 Å². The molecule has 98 valence electrons. The maximum Gasteiger partial charge on any atom is 0.249 e. The van der Waals surface area contributed by atoms with E-state index >= 15 is 0 Å². The molecule has 6 heteroatoms. The predicted octanol–water partition coefficient (Wildman–Crippen LogP) is 3.50. The molecule has 0 spiro atoms. The van der Waals surface area contributed by atoms with Gasteiger partial charge in [-0.2, -0.15) is 0 Å². The number of nitrogens with zero attached hydrogens (tertiary/aromatic N) is 2. The lowest BCUT2D eigenvalue weighted by atomic mass is 9.76. The quantitative estimate of drug-likeness (QED) is 0.760. The monoisotopic (exact) mass is 260 g/mol. The summed E-state index contributed by atoms with van der Waals surface area (Å²) in [5, 5.41) is 0. The summed E-state index contributed by atoms with van der Waals surface area (Å²) < 4.78 is 51.1. The van der Waals surface area contributed by atoms with Crippen molar-refractivity contribution in [2.45, 2.75) is 49.4 Å². The van der Waals surface area contributed by atoms with Gasteiger partial charge < -0.3 is 0 Å². The highest BCUT2D eigenvalue weighted by Crippen LogP contribution is 2.50. The van der Waals surface area contributed by atoms with E-state index in [0.29, 0.717) is 11.4 Å². The highest BCUT2D eigenvalue weighted by Gasteiger charge is 2.48. The molecule has 0 amide bonds. The van der Waals surface area contributed by atoms with E-state index in [1.165, 1.54) is 6.33 Å². The van der Waals surface area contributed by atoms with E-state index in [2.05, 4.69) is 9.97 Å². The van der Waals surface area contributed by atoms with Crippen LogP contribution in [0.25, 0.3) is 0 Å². The molecule has 3 rings (SSSR count). The number of hydrogen-bond donors (Lipinski definition) is 0. The van der Waals surface area contributed by atoms with Crippen LogP contribution in [0.15, 0.2) is 12.4 Å². The topological polar surface area (TPSA) is 25.8 Å². The SMILES string of the molecule is FC1(F)CC(c2cc(C3CC(F)(F)C3)ncn2)C1. The Morgan fingerprint density at radius 1 is 0.833 bits per heavy atom. The summed E-state index contributed by atoms with van der Waals surface area (Å²) in [7, 11) is 0. The Kier molecular flexibility index (Phi) is 2.40. The number of hydrogen-bond acceptors (Lipinski definition) is 2. The van der Waals surface area contributed by atoms with Crippen LogP contribution in [0.2, 0.25) is 0 Å². The van der Waals surface area contributed by atoms with Crippen LogP contribution in [-0.2, 0) is 0 Å². The molecule has 1 aromatic rings. The molecule has 18 heavy (non-hydrogen) atoms. The lowest BCUT2D eigenvalue weighted by Gasteiger charge is -2.36. The van der Waals surface area contributed by atoms with Crippen molar-refractivity contribution in [2.24, 2.45) is 0 Å². The van der Waals surface area contributed by atoms with Crippen molar-refractivity contribution in [3.63, 3.8) is 0 Å². The first-order chi connectivity index (χ1) is 8.35. The third-order valence-electron chi connectivity index (χ3n) is 3.73. The van der Waals surface area contributed by atoms with Crippen LogP contribution in [0.4, 0.5) is 17.6 Å². The highest BCUT2D eigenvalue weighted by atomic mass is 19.3. The first-order valence-electron chi connectivity index (χ1n) is 5.92. The second kappa shape index (κ2) is 3.65. The molecule has 0 atom stereocenters. The minimum atomic E-state index is -2.60. The first-order valence-corrected chi connectivity index (χ1v) is 5.92. The van der Waals surface area contributed by atoms with Crippen molar-refractivity contribution in [1.82, 2.24) is 9.97 Å². The number of rotatable bonds is 2. The Bertz CT molecular complexity index is 420. The van der Waals surface area contributed by atoms with Gasteiger partial charge in [-0.3, -0.25) is 0 Å². The van der Waals surface area contributed by atoms with Gasteiger partial charge in [-0.05, 0) is 6.07 Å². The molecule has 2 saturated carbocycles. The zero-order valence-corrected chi connectivity index (χ0v) is 9.54. The van der Waals surface area contributed by atoms with Gasteiger partial charge in [0.15, 0.2) is 0 Å². The lowest BCUT2D eigenvalue weighted by Crippen LogP contribution is -2.35. The van der Waals surface area contributed by atoms with Gasteiger partial charge >= 0.3 is 0 Å². The molecular weight excluding hydrogens is 248 g/mol. The standard InChI is InChI=1S/C12H12F4N2/c13-11(14)2-7(3-11)9-1-10(18-6-17-9)8-4-12(15,16)5-8/h1,6-8H,2-5H2. The second-order valence-corrected chi connectivity index (χ2v) is 5.29. The van der Waals surface area contributed by atoms with E-state index in [4.69, 9.17) is 0 Å². The third kappa shape index (κ3) is 2.08. The van der Waals surface area contributed by atoms with Gasteiger partial charge in [0.1, 0.15) is 6.33 Å². The maximum absolute atomic E-state index is 12.8. The fourth-order valence-corrected chi connectivity index (χ4v) is 2.58. The summed E-state index contributed by atoms with van der Waals surface area (Å²) in [5.41, 5.74) is 1.11. The normalized spacial score (nSPS) is 26.4. The molecule has 0 aromatic carbocycles. The van der Waals surface area contributed by atoms with Crippen LogP contribution in [0.5, 0.6) is 0 Å². The molecule has 0 N–H and O–H groups in total. The molecular formula is C12H12F4N2.